The van der Waals surface area contributed by atoms with Crippen molar-refractivity contribution < 1.29 is 27.6 Å². The van der Waals surface area contributed by atoms with Gasteiger partial charge in [-0.05, 0) is 36.1 Å². The monoisotopic (exact) mass is 385 g/mol. The second-order valence-corrected chi connectivity index (χ2v) is 8.74. The average Bonchev–Trinajstić information content (AvgIpc) is 2.82. The van der Waals surface area contributed by atoms with Gasteiger partial charge in [0.1, 0.15) is 4.90 Å². The molecule has 136 valence electrons. The SMILES string of the molecule is CCN1CC(C)(C)c2c1ccc1c(S(=O)(=O)O)cc(SOOO)cc21. The van der Waals surface area contributed by atoms with Gasteiger partial charge in [0, 0.05) is 34.5 Å². The topological polar surface area (TPSA) is 96.3 Å². The van der Waals surface area contributed by atoms with Gasteiger partial charge in [-0.3, -0.25) is 4.55 Å². The lowest BCUT2D eigenvalue weighted by Gasteiger charge is -2.21. The second-order valence-electron chi connectivity index (χ2n) is 6.58. The number of likely N-dealkylation sites (N-methyl/N-ethyl adjacent to an activating group) is 1. The summed E-state index contributed by atoms with van der Waals surface area (Å²) < 4.78 is 37.8. The lowest BCUT2D eigenvalue weighted by Crippen LogP contribution is -2.28. The fourth-order valence-corrected chi connectivity index (χ4v) is 4.83. The lowest BCUT2D eigenvalue weighted by molar-refractivity contribution is -0.432. The van der Waals surface area contributed by atoms with Crippen LogP contribution < -0.4 is 4.90 Å². The van der Waals surface area contributed by atoms with Crippen LogP contribution in [0.5, 0.6) is 0 Å². The van der Waals surface area contributed by atoms with E-state index in [1.807, 2.05) is 6.07 Å². The zero-order valence-corrected chi connectivity index (χ0v) is 15.6. The maximum Gasteiger partial charge on any atom is 0.295 e. The standard InChI is InChI=1S/C16H19NO6S2/c1-4-17-9-16(2,3)15-12-7-10(24-23-22-18)8-14(25(19,20)21)11(12)5-6-13(15)17/h5-8,18H,4,9H2,1-3H3,(H,19,20,21). The first-order valence-electron chi connectivity index (χ1n) is 7.67. The van der Waals surface area contributed by atoms with E-state index < -0.39 is 10.1 Å². The summed E-state index contributed by atoms with van der Waals surface area (Å²) in [6.07, 6.45) is 0. The molecule has 1 aliphatic rings. The predicted octanol–water partition coefficient (Wildman–Crippen LogP) is 3.63. The van der Waals surface area contributed by atoms with E-state index in [2.05, 4.69) is 35.0 Å². The van der Waals surface area contributed by atoms with Gasteiger partial charge in [0.2, 0.25) is 0 Å². The Bertz CT molecular complexity index is 926. The third-order valence-corrected chi connectivity index (χ3v) is 5.92. The van der Waals surface area contributed by atoms with Crippen LogP contribution in [0.4, 0.5) is 5.69 Å². The number of rotatable bonds is 5. The third kappa shape index (κ3) is 3.23. The van der Waals surface area contributed by atoms with Gasteiger partial charge in [0.05, 0.1) is 12.0 Å². The van der Waals surface area contributed by atoms with Crippen LogP contribution in [-0.4, -0.2) is 31.3 Å². The molecule has 0 aliphatic carbocycles. The van der Waals surface area contributed by atoms with Crippen molar-refractivity contribution in [3.05, 3.63) is 29.8 Å². The molecule has 0 unspecified atom stereocenters. The molecule has 7 nitrogen and oxygen atoms in total. The summed E-state index contributed by atoms with van der Waals surface area (Å²) in [6.45, 7) is 7.91. The molecule has 1 aliphatic heterocycles. The average molecular weight is 385 g/mol. The molecule has 0 radical (unpaired) electrons. The van der Waals surface area contributed by atoms with Gasteiger partial charge in [-0.25, -0.2) is 5.26 Å². The molecule has 0 fully saturated rings. The van der Waals surface area contributed by atoms with Gasteiger partial charge in [-0.2, -0.15) is 8.42 Å². The second kappa shape index (κ2) is 6.42. The molecule has 2 N–H and O–H groups in total. The van der Waals surface area contributed by atoms with Gasteiger partial charge in [-0.1, -0.05) is 25.0 Å². The molecule has 3 rings (SSSR count). The normalized spacial score (nSPS) is 16.4. The number of nitrogens with zero attached hydrogens (tertiary/aromatic N) is 1. The molecule has 0 atom stereocenters. The van der Waals surface area contributed by atoms with Crippen LogP contribution in [0.15, 0.2) is 34.1 Å². The van der Waals surface area contributed by atoms with E-state index in [0.717, 1.165) is 29.7 Å². The van der Waals surface area contributed by atoms with Gasteiger partial charge in [-0.15, -0.1) is 4.33 Å². The molecular weight excluding hydrogens is 366 g/mol. The van der Waals surface area contributed by atoms with E-state index in [9.17, 15) is 13.0 Å². The smallest absolute Gasteiger partial charge is 0.295 e. The van der Waals surface area contributed by atoms with Gasteiger partial charge in [0.15, 0.2) is 0 Å². The first kappa shape index (κ1) is 18.4. The first-order valence-corrected chi connectivity index (χ1v) is 9.85. The maximum absolute atomic E-state index is 11.9. The Labute approximate surface area is 150 Å². The van der Waals surface area contributed by atoms with Crippen LogP contribution in [0.25, 0.3) is 10.8 Å². The van der Waals surface area contributed by atoms with E-state index in [-0.39, 0.29) is 10.3 Å². The van der Waals surface area contributed by atoms with Crippen molar-refractivity contribution in [2.75, 3.05) is 18.0 Å². The molecule has 2 aromatic rings. The van der Waals surface area contributed by atoms with Crippen molar-refractivity contribution in [2.24, 2.45) is 0 Å². The molecule has 1 heterocycles. The van der Waals surface area contributed by atoms with Gasteiger partial charge in [0.25, 0.3) is 10.1 Å². The highest BCUT2D eigenvalue weighted by Crippen LogP contribution is 2.46. The third-order valence-electron chi connectivity index (χ3n) is 4.47. The van der Waals surface area contributed by atoms with Crippen LogP contribution in [0.1, 0.15) is 26.3 Å². The number of benzene rings is 2. The summed E-state index contributed by atoms with van der Waals surface area (Å²) in [4.78, 5) is 2.41. The van der Waals surface area contributed by atoms with Crippen LogP contribution in [0.2, 0.25) is 0 Å². The number of hydrogen-bond donors (Lipinski definition) is 2. The highest BCUT2D eigenvalue weighted by Gasteiger charge is 2.36. The number of fused-ring (bicyclic) bond motifs is 3. The van der Waals surface area contributed by atoms with Crippen molar-refractivity contribution in [1.29, 1.82) is 0 Å². The fourth-order valence-electron chi connectivity index (χ4n) is 3.58. The molecule has 0 amide bonds. The Morgan fingerprint density at radius 2 is 2.00 bits per heavy atom. The zero-order valence-electron chi connectivity index (χ0n) is 14.0. The van der Waals surface area contributed by atoms with Gasteiger partial charge >= 0.3 is 0 Å². The largest absolute Gasteiger partial charge is 0.371 e. The molecular formula is C16H19NO6S2. The van der Waals surface area contributed by atoms with E-state index in [4.69, 9.17) is 5.26 Å². The molecule has 0 saturated carbocycles. The maximum atomic E-state index is 11.9. The highest BCUT2D eigenvalue weighted by atomic mass is 32.2. The van der Waals surface area contributed by atoms with Crippen molar-refractivity contribution in [1.82, 2.24) is 0 Å². The van der Waals surface area contributed by atoms with Crippen molar-refractivity contribution >= 4 is 38.6 Å². The molecule has 9 heteroatoms. The summed E-state index contributed by atoms with van der Waals surface area (Å²) in [5, 5.41) is 13.1. The minimum atomic E-state index is -4.44. The summed E-state index contributed by atoms with van der Waals surface area (Å²) >= 11 is 0.656. The molecule has 2 aromatic carbocycles. The van der Waals surface area contributed by atoms with Crippen molar-refractivity contribution in [3.8, 4) is 0 Å². The first-order chi connectivity index (χ1) is 11.7. The quantitative estimate of drug-likeness (QED) is 0.349. The minimum absolute atomic E-state index is 0.195. The zero-order chi connectivity index (χ0) is 18.4. The number of hydrogen-bond acceptors (Lipinski definition) is 7. The van der Waals surface area contributed by atoms with Crippen LogP contribution in [0.3, 0.4) is 0 Å². The highest BCUT2D eigenvalue weighted by molar-refractivity contribution is 7.94. The van der Waals surface area contributed by atoms with Crippen LogP contribution in [-0.2, 0) is 24.9 Å². The van der Waals surface area contributed by atoms with Gasteiger partial charge < -0.3 is 4.90 Å². The molecule has 25 heavy (non-hydrogen) atoms. The van der Waals surface area contributed by atoms with E-state index in [1.165, 1.54) is 6.07 Å². The Balaban J connectivity index is 2.36. The Kier molecular flexibility index (Phi) is 4.73. The van der Waals surface area contributed by atoms with Crippen molar-refractivity contribution in [2.45, 2.75) is 36.0 Å². The summed E-state index contributed by atoms with van der Waals surface area (Å²) in [6, 6.07) is 6.66. The molecule has 0 spiro atoms. The molecule has 0 aromatic heterocycles. The van der Waals surface area contributed by atoms with E-state index >= 15 is 0 Å². The fraction of sp³-hybridized carbons (Fsp3) is 0.375. The van der Waals surface area contributed by atoms with Crippen LogP contribution >= 0.6 is 12.0 Å². The Hall–Kier alpha value is -1.36. The predicted molar refractivity (Wildman–Crippen MR) is 95.3 cm³/mol. The van der Waals surface area contributed by atoms with Crippen molar-refractivity contribution in [3.63, 3.8) is 0 Å². The molecule has 0 saturated heterocycles. The summed E-state index contributed by atoms with van der Waals surface area (Å²) in [5.41, 5.74) is 1.87. The Morgan fingerprint density at radius 1 is 1.28 bits per heavy atom. The lowest BCUT2D eigenvalue weighted by atomic mass is 9.84. The summed E-state index contributed by atoms with van der Waals surface area (Å²) in [5.74, 6) is 0. The Morgan fingerprint density at radius 3 is 2.60 bits per heavy atom. The molecule has 0 bridgehead atoms. The minimum Gasteiger partial charge on any atom is -0.371 e. The summed E-state index contributed by atoms with van der Waals surface area (Å²) in [7, 11) is -4.44. The van der Waals surface area contributed by atoms with E-state index in [1.54, 1.807) is 12.1 Å². The van der Waals surface area contributed by atoms with E-state index in [0.29, 0.717) is 22.3 Å². The van der Waals surface area contributed by atoms with Crippen LogP contribution in [0, 0.1) is 0 Å². The number of anilines is 1.